The minimum atomic E-state index is -0.357. The van der Waals surface area contributed by atoms with Crippen LogP contribution in [0.5, 0.6) is 5.75 Å². The Morgan fingerprint density at radius 2 is 1.58 bits per heavy atom. The monoisotopic (exact) mass is 432 g/mol. The molecule has 0 bridgehead atoms. The van der Waals surface area contributed by atoms with Crippen LogP contribution in [0.1, 0.15) is 15.9 Å². The van der Waals surface area contributed by atoms with Gasteiger partial charge in [0.05, 0.1) is 5.69 Å². The number of carbonyl (C=O) groups excluding carboxylic acids is 2. The van der Waals surface area contributed by atoms with Gasteiger partial charge in [0.25, 0.3) is 5.91 Å². The van der Waals surface area contributed by atoms with E-state index in [1.54, 1.807) is 53.9 Å². The van der Waals surface area contributed by atoms with Gasteiger partial charge in [0, 0.05) is 22.1 Å². The number of ketones is 1. The molecular formula is C24H17FN2O3S. The van der Waals surface area contributed by atoms with Gasteiger partial charge in [-0.1, -0.05) is 30.3 Å². The smallest absolute Gasteiger partial charge is 0.264 e. The van der Waals surface area contributed by atoms with Crippen LogP contribution < -0.4 is 10.1 Å². The van der Waals surface area contributed by atoms with Gasteiger partial charge >= 0.3 is 0 Å². The van der Waals surface area contributed by atoms with Gasteiger partial charge < -0.3 is 4.74 Å². The Balaban J connectivity index is 1.31. The molecule has 1 N–H and O–H groups in total. The standard InChI is InChI=1S/C24H17FN2O3S/c25-19-10-6-16(7-11-19)21-15-31-24(26-21)27-22(28)14-30-20-12-8-18(9-13-20)23(29)17-4-2-1-3-5-17/h1-13,15H,14H2,(H,26,27,28). The molecular weight excluding hydrogens is 415 g/mol. The molecule has 7 heteroatoms. The van der Waals surface area contributed by atoms with Crippen molar-refractivity contribution in [2.24, 2.45) is 0 Å². The van der Waals surface area contributed by atoms with Crippen LogP contribution in [0.2, 0.25) is 0 Å². The Labute approximate surface area is 182 Å². The van der Waals surface area contributed by atoms with Crippen molar-refractivity contribution in [3.05, 3.63) is 101 Å². The molecule has 0 spiro atoms. The average molecular weight is 432 g/mol. The van der Waals surface area contributed by atoms with Gasteiger partial charge in [-0.25, -0.2) is 9.37 Å². The maximum absolute atomic E-state index is 13.0. The number of halogens is 1. The minimum Gasteiger partial charge on any atom is -0.484 e. The fraction of sp³-hybridized carbons (Fsp3) is 0.0417. The molecule has 0 saturated carbocycles. The first-order valence-electron chi connectivity index (χ1n) is 9.42. The van der Waals surface area contributed by atoms with Crippen LogP contribution in [0.15, 0.2) is 84.2 Å². The summed E-state index contributed by atoms with van der Waals surface area (Å²) in [5, 5.41) is 4.89. The predicted molar refractivity (Wildman–Crippen MR) is 118 cm³/mol. The van der Waals surface area contributed by atoms with Crippen LogP contribution in [-0.4, -0.2) is 23.3 Å². The zero-order chi connectivity index (χ0) is 21.6. The van der Waals surface area contributed by atoms with Crippen molar-refractivity contribution < 1.29 is 18.7 Å². The second-order valence-electron chi connectivity index (χ2n) is 6.60. The summed E-state index contributed by atoms with van der Waals surface area (Å²) < 4.78 is 18.5. The lowest BCUT2D eigenvalue weighted by Gasteiger charge is -2.07. The molecule has 0 atom stereocenters. The molecule has 1 heterocycles. The van der Waals surface area contributed by atoms with Gasteiger partial charge in [0.15, 0.2) is 17.5 Å². The first-order chi connectivity index (χ1) is 15.1. The van der Waals surface area contributed by atoms with Crippen LogP contribution in [0.4, 0.5) is 9.52 Å². The van der Waals surface area contributed by atoms with E-state index < -0.39 is 0 Å². The quantitative estimate of drug-likeness (QED) is 0.408. The molecule has 0 radical (unpaired) electrons. The maximum Gasteiger partial charge on any atom is 0.264 e. The van der Waals surface area contributed by atoms with Crippen LogP contribution in [0.25, 0.3) is 11.3 Å². The van der Waals surface area contributed by atoms with Crippen molar-refractivity contribution in [2.75, 3.05) is 11.9 Å². The van der Waals surface area contributed by atoms with Gasteiger partial charge in [0.1, 0.15) is 11.6 Å². The summed E-state index contributed by atoms with van der Waals surface area (Å²) >= 11 is 1.27. The largest absolute Gasteiger partial charge is 0.484 e. The van der Waals surface area contributed by atoms with Crippen LogP contribution in [0.3, 0.4) is 0 Å². The van der Waals surface area contributed by atoms with Crippen molar-refractivity contribution >= 4 is 28.2 Å². The van der Waals surface area contributed by atoms with E-state index >= 15 is 0 Å². The number of carbonyl (C=O) groups is 2. The second kappa shape index (κ2) is 9.32. The van der Waals surface area contributed by atoms with Crippen molar-refractivity contribution in [1.29, 1.82) is 0 Å². The summed E-state index contributed by atoms with van der Waals surface area (Å²) in [7, 11) is 0. The van der Waals surface area contributed by atoms with Crippen LogP contribution in [0, 0.1) is 5.82 Å². The molecule has 154 valence electrons. The fourth-order valence-corrected chi connectivity index (χ4v) is 3.58. The highest BCUT2D eigenvalue weighted by atomic mass is 32.1. The number of nitrogens with one attached hydrogen (secondary N) is 1. The Kier molecular flexibility index (Phi) is 6.14. The van der Waals surface area contributed by atoms with Gasteiger partial charge in [0.2, 0.25) is 0 Å². The number of benzene rings is 3. The molecule has 0 fully saturated rings. The molecule has 4 rings (SSSR count). The molecule has 4 aromatic rings. The van der Waals surface area contributed by atoms with Crippen LogP contribution >= 0.6 is 11.3 Å². The Morgan fingerprint density at radius 1 is 0.903 bits per heavy atom. The first kappa shape index (κ1) is 20.4. The van der Waals surface area contributed by atoms with Crippen molar-refractivity contribution in [2.45, 2.75) is 0 Å². The number of nitrogens with zero attached hydrogens (tertiary/aromatic N) is 1. The third-order valence-electron chi connectivity index (χ3n) is 4.41. The molecule has 0 aliphatic rings. The van der Waals surface area contributed by atoms with E-state index in [4.69, 9.17) is 4.74 Å². The lowest BCUT2D eigenvalue weighted by molar-refractivity contribution is -0.118. The topological polar surface area (TPSA) is 68.3 Å². The number of rotatable bonds is 7. The van der Waals surface area contributed by atoms with E-state index in [0.717, 1.165) is 5.56 Å². The predicted octanol–water partition coefficient (Wildman–Crippen LogP) is 5.20. The molecule has 0 unspecified atom stereocenters. The molecule has 31 heavy (non-hydrogen) atoms. The van der Waals surface area contributed by atoms with Crippen molar-refractivity contribution in [1.82, 2.24) is 4.98 Å². The molecule has 0 aliphatic carbocycles. The third kappa shape index (κ3) is 5.21. The molecule has 0 saturated heterocycles. The summed E-state index contributed by atoms with van der Waals surface area (Å²) in [6.07, 6.45) is 0. The average Bonchev–Trinajstić information content (AvgIpc) is 3.27. The summed E-state index contributed by atoms with van der Waals surface area (Å²) in [5.41, 5.74) is 2.57. The van der Waals surface area contributed by atoms with Crippen molar-refractivity contribution in [3.63, 3.8) is 0 Å². The molecule has 3 aromatic carbocycles. The lowest BCUT2D eigenvalue weighted by atomic mass is 10.0. The number of aromatic nitrogens is 1. The van der Waals surface area contributed by atoms with Gasteiger partial charge in [-0.15, -0.1) is 11.3 Å². The number of amides is 1. The summed E-state index contributed by atoms with van der Waals surface area (Å²) in [6, 6.07) is 21.6. The zero-order valence-corrected chi connectivity index (χ0v) is 17.1. The number of hydrogen-bond acceptors (Lipinski definition) is 5. The maximum atomic E-state index is 13.0. The summed E-state index contributed by atoms with van der Waals surface area (Å²) in [6.45, 7) is -0.197. The van der Waals surface area contributed by atoms with Gasteiger partial charge in [-0.2, -0.15) is 0 Å². The number of anilines is 1. The highest BCUT2D eigenvalue weighted by molar-refractivity contribution is 7.14. The van der Waals surface area contributed by atoms with Crippen LogP contribution in [-0.2, 0) is 4.79 Å². The minimum absolute atomic E-state index is 0.0781. The van der Waals surface area contributed by atoms with Crippen molar-refractivity contribution in [3.8, 4) is 17.0 Å². The Bertz CT molecular complexity index is 1190. The molecule has 1 amide bonds. The second-order valence-corrected chi connectivity index (χ2v) is 7.46. The van der Waals surface area contributed by atoms with Gasteiger partial charge in [-0.05, 0) is 48.5 Å². The van der Waals surface area contributed by atoms with E-state index in [1.807, 2.05) is 18.2 Å². The number of hydrogen-bond donors (Lipinski definition) is 1. The normalized spacial score (nSPS) is 10.5. The summed E-state index contributed by atoms with van der Waals surface area (Å²) in [5.74, 6) is -0.275. The molecule has 0 aliphatic heterocycles. The zero-order valence-electron chi connectivity index (χ0n) is 16.2. The van der Waals surface area contributed by atoms with E-state index in [9.17, 15) is 14.0 Å². The molecule has 1 aromatic heterocycles. The van der Waals surface area contributed by atoms with E-state index in [0.29, 0.717) is 27.7 Å². The highest BCUT2D eigenvalue weighted by Crippen LogP contribution is 2.25. The van der Waals surface area contributed by atoms with Gasteiger partial charge in [-0.3, -0.25) is 14.9 Å². The fourth-order valence-electron chi connectivity index (χ4n) is 2.85. The number of ether oxygens (including phenoxy) is 1. The Morgan fingerprint density at radius 3 is 2.29 bits per heavy atom. The van der Waals surface area contributed by atoms with E-state index in [1.165, 1.54) is 23.5 Å². The molecule has 5 nitrogen and oxygen atoms in total. The third-order valence-corrected chi connectivity index (χ3v) is 5.17. The SMILES string of the molecule is O=C(COc1ccc(C(=O)c2ccccc2)cc1)Nc1nc(-c2ccc(F)cc2)cs1. The summed E-state index contributed by atoms with van der Waals surface area (Å²) in [4.78, 5) is 28.9. The first-order valence-corrected chi connectivity index (χ1v) is 10.3. The van der Waals surface area contributed by atoms with E-state index in [-0.39, 0.29) is 24.1 Å². The van der Waals surface area contributed by atoms with E-state index in [2.05, 4.69) is 10.3 Å². The highest BCUT2D eigenvalue weighted by Gasteiger charge is 2.11. The number of thiazole rings is 1. The lowest BCUT2D eigenvalue weighted by Crippen LogP contribution is -2.20. The Hall–Kier alpha value is -3.84.